The number of nitrogens with zero attached hydrogens (tertiary/aromatic N) is 1. The molecule has 0 bridgehead atoms. The maximum atomic E-state index is 5.90. The summed E-state index contributed by atoms with van der Waals surface area (Å²) in [4.78, 5) is 2.48. The number of rotatable bonds is 5. The molecule has 0 aromatic heterocycles. The molecule has 0 aromatic rings. The molecule has 1 heterocycles. The molecular weight excluding hydrogens is 176 g/mol. The predicted octanol–water partition coefficient (Wildman–Crippen LogP) is 1.22. The Morgan fingerprint density at radius 1 is 1.57 bits per heavy atom. The van der Waals surface area contributed by atoms with Gasteiger partial charge in [-0.05, 0) is 38.8 Å². The summed E-state index contributed by atoms with van der Waals surface area (Å²) in [6.07, 6.45) is 5.13. The zero-order valence-corrected chi connectivity index (χ0v) is 9.54. The van der Waals surface area contributed by atoms with E-state index in [1.807, 2.05) is 7.11 Å². The highest BCUT2D eigenvalue weighted by Crippen LogP contribution is 2.12. The third-order valence-electron chi connectivity index (χ3n) is 3.14. The van der Waals surface area contributed by atoms with Gasteiger partial charge in [0.1, 0.15) is 0 Å². The topological polar surface area (TPSA) is 38.5 Å². The molecule has 3 heteroatoms. The van der Waals surface area contributed by atoms with Gasteiger partial charge in [0.2, 0.25) is 0 Å². The van der Waals surface area contributed by atoms with Crippen molar-refractivity contribution in [3.05, 3.63) is 0 Å². The summed E-state index contributed by atoms with van der Waals surface area (Å²) in [6.45, 7) is 5.59. The monoisotopic (exact) mass is 200 g/mol. The van der Waals surface area contributed by atoms with E-state index in [2.05, 4.69) is 11.8 Å². The van der Waals surface area contributed by atoms with Crippen LogP contribution in [0.25, 0.3) is 0 Å². The molecule has 0 saturated carbocycles. The Morgan fingerprint density at radius 3 is 3.00 bits per heavy atom. The number of methoxy groups -OCH3 is 1. The quantitative estimate of drug-likeness (QED) is 0.725. The lowest BCUT2D eigenvalue weighted by atomic mass is 10.1. The Hall–Kier alpha value is -0.120. The van der Waals surface area contributed by atoms with E-state index in [0.717, 1.165) is 25.9 Å². The summed E-state index contributed by atoms with van der Waals surface area (Å²) in [5.74, 6) is 0. The van der Waals surface area contributed by atoms with Gasteiger partial charge < -0.3 is 15.4 Å². The third kappa shape index (κ3) is 3.95. The van der Waals surface area contributed by atoms with Crippen LogP contribution in [0.4, 0.5) is 0 Å². The molecule has 1 aliphatic heterocycles. The van der Waals surface area contributed by atoms with Gasteiger partial charge in [0, 0.05) is 19.7 Å². The van der Waals surface area contributed by atoms with Crippen LogP contribution in [0.15, 0.2) is 0 Å². The fraction of sp³-hybridized carbons (Fsp3) is 1.00. The molecule has 0 aromatic carbocycles. The highest BCUT2D eigenvalue weighted by molar-refractivity contribution is 4.74. The van der Waals surface area contributed by atoms with Gasteiger partial charge in [-0.25, -0.2) is 0 Å². The van der Waals surface area contributed by atoms with Crippen molar-refractivity contribution in [2.24, 2.45) is 5.73 Å². The van der Waals surface area contributed by atoms with Crippen molar-refractivity contribution < 1.29 is 4.74 Å². The number of piperidine rings is 1. The second kappa shape index (κ2) is 6.38. The van der Waals surface area contributed by atoms with E-state index in [1.165, 1.54) is 19.4 Å². The molecule has 84 valence electrons. The number of nitrogens with two attached hydrogens (primary N) is 1. The lowest BCUT2D eigenvalue weighted by Crippen LogP contribution is -2.41. The van der Waals surface area contributed by atoms with E-state index in [-0.39, 0.29) is 0 Å². The maximum Gasteiger partial charge on any atom is 0.0698 e. The summed E-state index contributed by atoms with van der Waals surface area (Å²) < 4.78 is 5.38. The molecule has 1 saturated heterocycles. The van der Waals surface area contributed by atoms with E-state index in [9.17, 15) is 0 Å². The highest BCUT2D eigenvalue weighted by atomic mass is 16.5. The summed E-state index contributed by atoms with van der Waals surface area (Å²) in [6, 6.07) is 0.373. The van der Waals surface area contributed by atoms with Crippen molar-refractivity contribution in [3.8, 4) is 0 Å². The molecule has 1 fully saturated rings. The number of likely N-dealkylation sites (tertiary alicyclic amines) is 1. The van der Waals surface area contributed by atoms with Gasteiger partial charge in [-0.1, -0.05) is 6.92 Å². The zero-order chi connectivity index (χ0) is 10.4. The largest absolute Gasteiger partial charge is 0.380 e. The molecule has 0 amide bonds. The number of ether oxygens (including phenoxy) is 1. The average molecular weight is 200 g/mol. The van der Waals surface area contributed by atoms with Gasteiger partial charge in [0.25, 0.3) is 0 Å². The van der Waals surface area contributed by atoms with Crippen LogP contribution in [-0.2, 0) is 4.74 Å². The lowest BCUT2D eigenvalue weighted by molar-refractivity contribution is 0.0305. The van der Waals surface area contributed by atoms with Gasteiger partial charge in [-0.2, -0.15) is 0 Å². The van der Waals surface area contributed by atoms with Crippen molar-refractivity contribution >= 4 is 0 Å². The second-order valence-corrected chi connectivity index (χ2v) is 4.26. The molecule has 0 spiro atoms. The average Bonchev–Trinajstić information content (AvgIpc) is 2.26. The van der Waals surface area contributed by atoms with Crippen LogP contribution in [0.3, 0.4) is 0 Å². The summed E-state index contributed by atoms with van der Waals surface area (Å²) in [7, 11) is 1.81. The highest BCUT2D eigenvalue weighted by Gasteiger charge is 2.19. The Labute approximate surface area is 87.6 Å². The molecule has 2 atom stereocenters. The fourth-order valence-electron chi connectivity index (χ4n) is 1.96. The van der Waals surface area contributed by atoms with E-state index >= 15 is 0 Å². The van der Waals surface area contributed by atoms with Crippen LogP contribution >= 0.6 is 0 Å². The first kappa shape index (κ1) is 12.0. The first-order valence-corrected chi connectivity index (χ1v) is 5.77. The minimum absolute atomic E-state index is 0.373. The number of hydrogen-bond acceptors (Lipinski definition) is 3. The first-order chi connectivity index (χ1) is 6.76. The smallest absolute Gasteiger partial charge is 0.0698 e. The molecule has 0 aliphatic carbocycles. The third-order valence-corrected chi connectivity index (χ3v) is 3.14. The SMILES string of the molecule is CCC(N)CCN1CCCC(OC)C1. The van der Waals surface area contributed by atoms with Crippen LogP contribution in [-0.4, -0.2) is 43.8 Å². The Morgan fingerprint density at radius 2 is 2.36 bits per heavy atom. The van der Waals surface area contributed by atoms with Crippen molar-refractivity contribution in [2.75, 3.05) is 26.7 Å². The molecule has 1 rings (SSSR count). The second-order valence-electron chi connectivity index (χ2n) is 4.26. The first-order valence-electron chi connectivity index (χ1n) is 5.77. The molecular formula is C11H24N2O. The van der Waals surface area contributed by atoms with Crippen molar-refractivity contribution in [1.82, 2.24) is 4.90 Å². The van der Waals surface area contributed by atoms with Crippen LogP contribution < -0.4 is 5.73 Å². The normalized spacial score (nSPS) is 26.4. The maximum absolute atomic E-state index is 5.90. The Balaban J connectivity index is 2.17. The summed E-state index contributed by atoms with van der Waals surface area (Å²) >= 11 is 0. The fourth-order valence-corrected chi connectivity index (χ4v) is 1.96. The minimum atomic E-state index is 0.373. The van der Waals surface area contributed by atoms with Crippen LogP contribution in [0.5, 0.6) is 0 Å². The van der Waals surface area contributed by atoms with Gasteiger partial charge >= 0.3 is 0 Å². The molecule has 14 heavy (non-hydrogen) atoms. The Kier molecular flexibility index (Phi) is 5.45. The van der Waals surface area contributed by atoms with Crippen LogP contribution in [0, 0.1) is 0 Å². The zero-order valence-electron chi connectivity index (χ0n) is 9.54. The predicted molar refractivity (Wildman–Crippen MR) is 59.4 cm³/mol. The van der Waals surface area contributed by atoms with E-state index < -0.39 is 0 Å². The minimum Gasteiger partial charge on any atom is -0.380 e. The van der Waals surface area contributed by atoms with Gasteiger partial charge in [0.15, 0.2) is 0 Å². The van der Waals surface area contributed by atoms with Gasteiger partial charge in [0.05, 0.1) is 6.10 Å². The lowest BCUT2D eigenvalue weighted by Gasteiger charge is -2.32. The van der Waals surface area contributed by atoms with Crippen LogP contribution in [0.2, 0.25) is 0 Å². The molecule has 1 aliphatic rings. The molecule has 0 radical (unpaired) electrons. The molecule has 2 N–H and O–H groups in total. The van der Waals surface area contributed by atoms with E-state index in [0.29, 0.717) is 12.1 Å². The Bertz CT molecular complexity index is 152. The van der Waals surface area contributed by atoms with E-state index in [1.54, 1.807) is 0 Å². The molecule has 3 nitrogen and oxygen atoms in total. The van der Waals surface area contributed by atoms with Gasteiger partial charge in [-0.3, -0.25) is 0 Å². The number of hydrogen-bond donors (Lipinski definition) is 1. The van der Waals surface area contributed by atoms with Gasteiger partial charge in [-0.15, -0.1) is 0 Å². The summed E-state index contributed by atoms with van der Waals surface area (Å²) in [5, 5.41) is 0. The standard InChI is InChI=1S/C11H24N2O/c1-3-10(12)6-8-13-7-4-5-11(9-13)14-2/h10-11H,3-9,12H2,1-2H3. The van der Waals surface area contributed by atoms with E-state index in [4.69, 9.17) is 10.5 Å². The van der Waals surface area contributed by atoms with Crippen LogP contribution in [0.1, 0.15) is 32.6 Å². The van der Waals surface area contributed by atoms with Crippen molar-refractivity contribution in [1.29, 1.82) is 0 Å². The molecule has 2 unspecified atom stereocenters. The summed E-state index contributed by atoms with van der Waals surface area (Å²) in [5.41, 5.74) is 5.90. The van der Waals surface area contributed by atoms with Crippen molar-refractivity contribution in [3.63, 3.8) is 0 Å². The van der Waals surface area contributed by atoms with Crippen molar-refractivity contribution in [2.45, 2.75) is 44.8 Å².